The predicted molar refractivity (Wildman–Crippen MR) is 90.7 cm³/mol. The standard InChI is InChI=1S/C18H20N2O3/c1-13(21)19-15-7-5-8-16(12-15)20-18(22)11-10-14-6-3-4-9-17(14)23-2/h3-9,12H,10-11H2,1-2H3,(H,19,21)(H,20,22). The quantitative estimate of drug-likeness (QED) is 0.860. The third kappa shape index (κ3) is 5.14. The lowest BCUT2D eigenvalue weighted by molar-refractivity contribution is -0.116. The van der Waals surface area contributed by atoms with Gasteiger partial charge < -0.3 is 15.4 Å². The molecule has 2 rings (SSSR count). The molecule has 0 spiro atoms. The van der Waals surface area contributed by atoms with Gasteiger partial charge in [0, 0.05) is 24.7 Å². The van der Waals surface area contributed by atoms with Gasteiger partial charge >= 0.3 is 0 Å². The second-order valence-corrected chi connectivity index (χ2v) is 5.12. The summed E-state index contributed by atoms with van der Waals surface area (Å²) >= 11 is 0. The Morgan fingerprint density at radius 2 is 1.70 bits per heavy atom. The summed E-state index contributed by atoms with van der Waals surface area (Å²) < 4.78 is 5.28. The molecule has 0 aliphatic carbocycles. The Morgan fingerprint density at radius 3 is 2.39 bits per heavy atom. The van der Waals surface area contributed by atoms with Crippen LogP contribution >= 0.6 is 0 Å². The summed E-state index contributed by atoms with van der Waals surface area (Å²) in [6.45, 7) is 1.44. The Morgan fingerprint density at radius 1 is 1.00 bits per heavy atom. The van der Waals surface area contributed by atoms with E-state index in [1.54, 1.807) is 31.4 Å². The number of carbonyl (C=O) groups excluding carboxylic acids is 2. The number of hydrogen-bond donors (Lipinski definition) is 2. The van der Waals surface area contributed by atoms with E-state index < -0.39 is 0 Å². The van der Waals surface area contributed by atoms with E-state index in [9.17, 15) is 9.59 Å². The molecule has 0 fully saturated rings. The number of carbonyl (C=O) groups is 2. The maximum absolute atomic E-state index is 12.1. The van der Waals surface area contributed by atoms with Crippen molar-refractivity contribution in [2.75, 3.05) is 17.7 Å². The Bertz CT molecular complexity index is 698. The van der Waals surface area contributed by atoms with Crippen LogP contribution in [0.4, 0.5) is 11.4 Å². The zero-order chi connectivity index (χ0) is 16.7. The first-order valence-corrected chi connectivity index (χ1v) is 7.38. The maximum Gasteiger partial charge on any atom is 0.224 e. The fourth-order valence-corrected chi connectivity index (χ4v) is 2.26. The van der Waals surface area contributed by atoms with Crippen molar-refractivity contribution in [2.45, 2.75) is 19.8 Å². The molecule has 5 heteroatoms. The van der Waals surface area contributed by atoms with Crippen molar-refractivity contribution in [1.29, 1.82) is 0 Å². The topological polar surface area (TPSA) is 67.4 Å². The Kier molecular flexibility index (Phi) is 5.74. The second kappa shape index (κ2) is 7.98. The molecule has 5 nitrogen and oxygen atoms in total. The number of benzene rings is 2. The molecule has 0 aliphatic rings. The molecule has 0 radical (unpaired) electrons. The van der Waals surface area contributed by atoms with Crippen LogP contribution in [0.5, 0.6) is 5.75 Å². The van der Waals surface area contributed by atoms with Gasteiger partial charge in [0.25, 0.3) is 0 Å². The molecule has 23 heavy (non-hydrogen) atoms. The number of aryl methyl sites for hydroxylation is 1. The summed E-state index contributed by atoms with van der Waals surface area (Å²) in [5.74, 6) is 0.550. The number of nitrogens with one attached hydrogen (secondary N) is 2. The van der Waals surface area contributed by atoms with E-state index in [0.717, 1.165) is 11.3 Å². The van der Waals surface area contributed by atoms with Gasteiger partial charge in [-0.2, -0.15) is 0 Å². The van der Waals surface area contributed by atoms with Crippen LogP contribution in [-0.2, 0) is 16.0 Å². The first-order valence-electron chi connectivity index (χ1n) is 7.38. The van der Waals surface area contributed by atoms with E-state index in [2.05, 4.69) is 10.6 Å². The molecule has 2 amide bonds. The van der Waals surface area contributed by atoms with Gasteiger partial charge in [0.05, 0.1) is 7.11 Å². The summed E-state index contributed by atoms with van der Waals surface area (Å²) in [7, 11) is 1.62. The molecule has 0 heterocycles. The van der Waals surface area contributed by atoms with Crippen molar-refractivity contribution in [3.8, 4) is 5.75 Å². The highest BCUT2D eigenvalue weighted by atomic mass is 16.5. The Balaban J connectivity index is 1.93. The zero-order valence-electron chi connectivity index (χ0n) is 13.3. The van der Waals surface area contributed by atoms with E-state index in [4.69, 9.17) is 4.74 Å². The molecule has 0 saturated carbocycles. The number of anilines is 2. The van der Waals surface area contributed by atoms with E-state index in [1.165, 1.54) is 6.92 Å². The number of amides is 2. The third-order valence-electron chi connectivity index (χ3n) is 3.28. The van der Waals surface area contributed by atoms with Gasteiger partial charge in [-0.1, -0.05) is 24.3 Å². The number of methoxy groups -OCH3 is 1. The summed E-state index contributed by atoms with van der Waals surface area (Å²) in [5.41, 5.74) is 2.30. The van der Waals surface area contributed by atoms with Crippen molar-refractivity contribution in [2.24, 2.45) is 0 Å². The van der Waals surface area contributed by atoms with Gasteiger partial charge in [0.15, 0.2) is 0 Å². The molecule has 0 aromatic heterocycles. The van der Waals surface area contributed by atoms with Crippen molar-refractivity contribution in [1.82, 2.24) is 0 Å². The van der Waals surface area contributed by atoms with E-state index in [0.29, 0.717) is 24.2 Å². The second-order valence-electron chi connectivity index (χ2n) is 5.12. The fourth-order valence-electron chi connectivity index (χ4n) is 2.26. The fraction of sp³-hybridized carbons (Fsp3) is 0.222. The smallest absolute Gasteiger partial charge is 0.224 e. The van der Waals surface area contributed by atoms with Crippen LogP contribution in [0.1, 0.15) is 18.9 Å². The largest absolute Gasteiger partial charge is 0.496 e. The zero-order valence-corrected chi connectivity index (χ0v) is 13.3. The van der Waals surface area contributed by atoms with Gasteiger partial charge in [-0.25, -0.2) is 0 Å². The number of para-hydroxylation sites is 1. The predicted octanol–water partition coefficient (Wildman–Crippen LogP) is 3.22. The molecule has 2 aromatic carbocycles. The van der Waals surface area contributed by atoms with Crippen LogP contribution in [0.3, 0.4) is 0 Å². The first-order chi connectivity index (χ1) is 11.1. The van der Waals surface area contributed by atoms with Gasteiger partial charge in [-0.3, -0.25) is 9.59 Å². The molecule has 0 bridgehead atoms. The summed E-state index contributed by atoms with van der Waals surface area (Å²) in [6.07, 6.45) is 0.950. The van der Waals surface area contributed by atoms with Crippen LogP contribution in [0.25, 0.3) is 0 Å². The van der Waals surface area contributed by atoms with Gasteiger partial charge in [0.1, 0.15) is 5.75 Å². The normalized spacial score (nSPS) is 10.0. The highest BCUT2D eigenvalue weighted by molar-refractivity contribution is 5.93. The summed E-state index contributed by atoms with van der Waals surface area (Å²) in [5, 5.41) is 5.52. The Labute approximate surface area is 135 Å². The van der Waals surface area contributed by atoms with Crippen molar-refractivity contribution < 1.29 is 14.3 Å². The Hall–Kier alpha value is -2.82. The molecular formula is C18H20N2O3. The minimum Gasteiger partial charge on any atom is -0.496 e. The SMILES string of the molecule is COc1ccccc1CCC(=O)Nc1cccc(NC(C)=O)c1. The molecule has 0 atom stereocenters. The molecule has 2 N–H and O–H groups in total. The van der Waals surface area contributed by atoms with Crippen LogP contribution in [0.2, 0.25) is 0 Å². The minimum atomic E-state index is -0.148. The molecule has 2 aromatic rings. The van der Waals surface area contributed by atoms with Gasteiger partial charge in [-0.15, -0.1) is 0 Å². The number of rotatable bonds is 6. The van der Waals surface area contributed by atoms with Crippen LogP contribution in [0.15, 0.2) is 48.5 Å². The lowest BCUT2D eigenvalue weighted by Gasteiger charge is -2.09. The maximum atomic E-state index is 12.1. The minimum absolute atomic E-state index is 0.0871. The molecule has 0 aliphatic heterocycles. The van der Waals surface area contributed by atoms with Crippen LogP contribution in [0, 0.1) is 0 Å². The molecule has 120 valence electrons. The van der Waals surface area contributed by atoms with Crippen molar-refractivity contribution in [3.05, 3.63) is 54.1 Å². The van der Waals surface area contributed by atoms with Crippen LogP contribution < -0.4 is 15.4 Å². The third-order valence-corrected chi connectivity index (χ3v) is 3.28. The lowest BCUT2D eigenvalue weighted by atomic mass is 10.1. The highest BCUT2D eigenvalue weighted by Gasteiger charge is 2.07. The summed E-state index contributed by atoms with van der Waals surface area (Å²) in [4.78, 5) is 23.1. The van der Waals surface area contributed by atoms with E-state index >= 15 is 0 Å². The number of hydrogen-bond acceptors (Lipinski definition) is 3. The van der Waals surface area contributed by atoms with Crippen molar-refractivity contribution in [3.63, 3.8) is 0 Å². The number of ether oxygens (including phenoxy) is 1. The molecule has 0 unspecified atom stereocenters. The van der Waals surface area contributed by atoms with Gasteiger partial charge in [-0.05, 0) is 36.2 Å². The van der Waals surface area contributed by atoms with E-state index in [1.807, 2.05) is 24.3 Å². The van der Waals surface area contributed by atoms with Crippen molar-refractivity contribution >= 4 is 23.2 Å². The first kappa shape index (κ1) is 16.5. The molecular weight excluding hydrogens is 292 g/mol. The average Bonchev–Trinajstić information content (AvgIpc) is 2.53. The average molecular weight is 312 g/mol. The summed E-state index contributed by atoms with van der Waals surface area (Å²) in [6, 6.07) is 14.7. The van der Waals surface area contributed by atoms with Crippen LogP contribution in [-0.4, -0.2) is 18.9 Å². The lowest BCUT2D eigenvalue weighted by Crippen LogP contribution is -2.13. The monoisotopic (exact) mass is 312 g/mol. The van der Waals surface area contributed by atoms with E-state index in [-0.39, 0.29) is 11.8 Å². The molecule has 0 saturated heterocycles. The highest BCUT2D eigenvalue weighted by Crippen LogP contribution is 2.20. The van der Waals surface area contributed by atoms with Gasteiger partial charge in [0.2, 0.25) is 11.8 Å².